The number of hydrogen-bond acceptors (Lipinski definition) is 4. The van der Waals surface area contributed by atoms with E-state index in [4.69, 9.17) is 5.14 Å². The van der Waals surface area contributed by atoms with Gasteiger partial charge in [-0.3, -0.25) is 0 Å². The first-order chi connectivity index (χ1) is 7.83. The van der Waals surface area contributed by atoms with Gasteiger partial charge in [-0.2, -0.15) is 4.31 Å². The topological polar surface area (TPSA) is 97.5 Å². The maximum atomic E-state index is 12.1. The van der Waals surface area contributed by atoms with Crippen molar-refractivity contribution in [3.8, 4) is 0 Å². The third-order valence-electron chi connectivity index (χ3n) is 2.59. The van der Waals surface area contributed by atoms with Crippen LogP contribution in [0.3, 0.4) is 0 Å². The minimum absolute atomic E-state index is 0.248. The summed E-state index contributed by atoms with van der Waals surface area (Å²) in [6.07, 6.45) is 0.788. The van der Waals surface area contributed by atoms with Crippen molar-refractivity contribution in [2.24, 2.45) is 5.14 Å². The molecule has 6 nitrogen and oxygen atoms in total. The fraction of sp³-hybridized carbons (Fsp3) is 0.333. The minimum atomic E-state index is -4.04. The van der Waals surface area contributed by atoms with Gasteiger partial charge in [-0.05, 0) is 18.6 Å². The van der Waals surface area contributed by atoms with Crippen molar-refractivity contribution in [1.82, 2.24) is 4.31 Å². The summed E-state index contributed by atoms with van der Waals surface area (Å²) < 4.78 is 48.1. The highest BCUT2D eigenvalue weighted by Crippen LogP contribution is 2.26. The van der Waals surface area contributed by atoms with Crippen LogP contribution >= 0.6 is 0 Å². The zero-order valence-corrected chi connectivity index (χ0v) is 10.5. The molecule has 0 radical (unpaired) electrons. The van der Waals surface area contributed by atoms with Gasteiger partial charge in [-0.15, -0.1) is 0 Å². The summed E-state index contributed by atoms with van der Waals surface area (Å²) in [5, 5.41) is 5.00. The lowest BCUT2D eigenvalue weighted by atomic mass is 10.3. The number of hydrogen-bond donors (Lipinski definition) is 1. The van der Waals surface area contributed by atoms with Gasteiger partial charge in [-0.25, -0.2) is 22.0 Å². The zero-order valence-electron chi connectivity index (χ0n) is 8.90. The van der Waals surface area contributed by atoms with Crippen LogP contribution in [0.4, 0.5) is 0 Å². The summed E-state index contributed by atoms with van der Waals surface area (Å²) in [6, 6.07) is 5.37. The summed E-state index contributed by atoms with van der Waals surface area (Å²) >= 11 is 0. The van der Waals surface area contributed by atoms with Crippen molar-refractivity contribution >= 4 is 20.0 Å². The lowest BCUT2D eigenvalue weighted by molar-refractivity contribution is 0.308. The molecule has 0 aliphatic carbocycles. The third kappa shape index (κ3) is 2.21. The predicted molar refractivity (Wildman–Crippen MR) is 61.2 cm³/mol. The SMILES string of the molecule is NS(=O)(=O)c1ccccc1S(=O)(=O)N1CCC1. The average Bonchev–Trinajstić information content (AvgIpc) is 2.13. The Kier molecular flexibility index (Phi) is 2.98. The summed E-state index contributed by atoms with van der Waals surface area (Å²) in [6.45, 7) is 0.836. The van der Waals surface area contributed by atoms with Gasteiger partial charge < -0.3 is 0 Å². The summed E-state index contributed by atoms with van der Waals surface area (Å²) in [7, 11) is -7.78. The number of sulfonamides is 2. The molecule has 1 heterocycles. The van der Waals surface area contributed by atoms with Crippen LogP contribution in [0.5, 0.6) is 0 Å². The Morgan fingerprint density at radius 1 is 1.00 bits per heavy atom. The zero-order chi connectivity index (χ0) is 12.7. The first-order valence-corrected chi connectivity index (χ1v) is 7.94. The average molecular weight is 276 g/mol. The number of benzene rings is 1. The predicted octanol–water partition coefficient (Wildman–Crippen LogP) is -0.272. The monoisotopic (exact) mass is 276 g/mol. The Morgan fingerprint density at radius 3 is 1.94 bits per heavy atom. The van der Waals surface area contributed by atoms with Crippen molar-refractivity contribution in [2.75, 3.05) is 13.1 Å². The Bertz CT molecular complexity index is 633. The maximum absolute atomic E-state index is 12.1. The molecule has 94 valence electrons. The quantitative estimate of drug-likeness (QED) is 0.821. The van der Waals surface area contributed by atoms with E-state index in [0.717, 1.165) is 6.42 Å². The number of primary sulfonamides is 1. The Morgan fingerprint density at radius 2 is 1.53 bits per heavy atom. The highest BCUT2D eigenvalue weighted by atomic mass is 32.2. The van der Waals surface area contributed by atoms with E-state index in [1.54, 1.807) is 0 Å². The van der Waals surface area contributed by atoms with Crippen LogP contribution in [0.25, 0.3) is 0 Å². The largest absolute Gasteiger partial charge is 0.244 e. The molecular formula is C9H12N2O4S2. The van der Waals surface area contributed by atoms with Gasteiger partial charge in [0.2, 0.25) is 20.0 Å². The summed E-state index contributed by atoms with van der Waals surface area (Å²) in [5.74, 6) is 0. The van der Waals surface area contributed by atoms with E-state index >= 15 is 0 Å². The Balaban J connectivity index is 2.60. The molecule has 1 aliphatic heterocycles. The van der Waals surface area contributed by atoms with Crippen LogP contribution in [-0.4, -0.2) is 34.2 Å². The van der Waals surface area contributed by atoms with Crippen molar-refractivity contribution < 1.29 is 16.8 Å². The smallest absolute Gasteiger partial charge is 0.225 e. The summed E-state index contributed by atoms with van der Waals surface area (Å²) in [5.41, 5.74) is 0. The van der Waals surface area contributed by atoms with E-state index < -0.39 is 20.0 Å². The van der Waals surface area contributed by atoms with Gasteiger partial charge in [0.15, 0.2) is 0 Å². The standard InChI is InChI=1S/C9H12N2O4S2/c10-16(12,13)8-4-1-2-5-9(8)17(14,15)11-6-3-7-11/h1-2,4-5H,3,6-7H2,(H2,10,12,13). The van der Waals surface area contributed by atoms with Crippen LogP contribution < -0.4 is 5.14 Å². The van der Waals surface area contributed by atoms with Crippen LogP contribution in [-0.2, 0) is 20.0 Å². The molecule has 0 bridgehead atoms. The second kappa shape index (κ2) is 4.05. The molecule has 1 saturated heterocycles. The fourth-order valence-corrected chi connectivity index (χ4v) is 4.44. The molecule has 0 spiro atoms. The van der Waals surface area contributed by atoms with Gasteiger partial charge >= 0.3 is 0 Å². The van der Waals surface area contributed by atoms with E-state index in [2.05, 4.69) is 0 Å². The summed E-state index contributed by atoms with van der Waals surface area (Å²) in [4.78, 5) is -0.603. The molecule has 17 heavy (non-hydrogen) atoms. The van der Waals surface area contributed by atoms with Crippen molar-refractivity contribution in [3.05, 3.63) is 24.3 Å². The molecule has 1 aliphatic rings. The highest BCUT2D eigenvalue weighted by molar-refractivity contribution is 7.92. The minimum Gasteiger partial charge on any atom is -0.225 e. The van der Waals surface area contributed by atoms with Gasteiger partial charge in [-0.1, -0.05) is 12.1 Å². The maximum Gasteiger partial charge on any atom is 0.244 e. The van der Waals surface area contributed by atoms with Crippen molar-refractivity contribution in [2.45, 2.75) is 16.2 Å². The van der Waals surface area contributed by atoms with E-state index in [0.29, 0.717) is 13.1 Å². The molecule has 2 N–H and O–H groups in total. The molecule has 2 rings (SSSR count). The molecule has 8 heteroatoms. The van der Waals surface area contributed by atoms with E-state index in [1.165, 1.54) is 28.6 Å². The van der Waals surface area contributed by atoms with Crippen LogP contribution in [0.2, 0.25) is 0 Å². The molecule has 0 amide bonds. The molecule has 0 unspecified atom stereocenters. The number of nitrogens with two attached hydrogens (primary N) is 1. The normalized spacial score (nSPS) is 17.7. The van der Waals surface area contributed by atoms with Crippen molar-refractivity contribution in [3.63, 3.8) is 0 Å². The second-order valence-electron chi connectivity index (χ2n) is 3.75. The molecule has 0 atom stereocenters. The molecular weight excluding hydrogens is 264 g/mol. The van der Waals surface area contributed by atoms with Gasteiger partial charge in [0.05, 0.1) is 0 Å². The molecule has 1 fully saturated rings. The Hall–Kier alpha value is -0.960. The molecule has 1 aromatic rings. The number of nitrogens with zero attached hydrogens (tertiary/aromatic N) is 1. The lowest BCUT2D eigenvalue weighted by Crippen LogP contribution is -2.42. The van der Waals surface area contributed by atoms with Crippen LogP contribution in [0.1, 0.15) is 6.42 Å². The van der Waals surface area contributed by atoms with E-state index in [-0.39, 0.29) is 9.79 Å². The lowest BCUT2D eigenvalue weighted by Gasteiger charge is -2.30. The number of rotatable bonds is 3. The molecule has 1 aromatic carbocycles. The van der Waals surface area contributed by atoms with Gasteiger partial charge in [0, 0.05) is 13.1 Å². The first kappa shape index (κ1) is 12.5. The fourth-order valence-electron chi connectivity index (χ4n) is 1.56. The van der Waals surface area contributed by atoms with Crippen molar-refractivity contribution in [1.29, 1.82) is 0 Å². The van der Waals surface area contributed by atoms with E-state index in [1.807, 2.05) is 0 Å². The van der Waals surface area contributed by atoms with E-state index in [9.17, 15) is 16.8 Å². The second-order valence-corrected chi connectivity index (χ2v) is 7.19. The van der Waals surface area contributed by atoms with Crippen LogP contribution in [0, 0.1) is 0 Å². The molecule has 0 saturated carbocycles. The van der Waals surface area contributed by atoms with Gasteiger partial charge in [0.25, 0.3) is 0 Å². The van der Waals surface area contributed by atoms with Crippen LogP contribution in [0.15, 0.2) is 34.1 Å². The highest BCUT2D eigenvalue weighted by Gasteiger charge is 2.33. The third-order valence-corrected chi connectivity index (χ3v) is 5.64. The van der Waals surface area contributed by atoms with Gasteiger partial charge in [0.1, 0.15) is 9.79 Å². The Labute approximate surface area is 100 Å². The molecule has 0 aromatic heterocycles. The first-order valence-electron chi connectivity index (χ1n) is 4.95.